The molecule has 0 spiro atoms. The summed E-state index contributed by atoms with van der Waals surface area (Å²) in [6.07, 6.45) is 4.51. The van der Waals surface area contributed by atoms with E-state index in [9.17, 15) is 0 Å². The summed E-state index contributed by atoms with van der Waals surface area (Å²) in [6, 6.07) is 2.48. The molecule has 4 nitrogen and oxygen atoms in total. The van der Waals surface area contributed by atoms with Crippen molar-refractivity contribution in [1.82, 2.24) is 20.0 Å². The van der Waals surface area contributed by atoms with Gasteiger partial charge in [0.15, 0.2) is 0 Å². The lowest BCUT2D eigenvalue weighted by Crippen LogP contribution is -2.35. The molecule has 0 saturated carbocycles. The number of rotatable bonds is 4. The summed E-state index contributed by atoms with van der Waals surface area (Å²) in [6.45, 7) is 5.82. The van der Waals surface area contributed by atoms with Crippen LogP contribution in [0.1, 0.15) is 31.5 Å². The third kappa shape index (κ3) is 3.30. The van der Waals surface area contributed by atoms with E-state index in [2.05, 4.69) is 35.4 Å². The molecule has 2 rings (SSSR count). The van der Waals surface area contributed by atoms with Crippen molar-refractivity contribution >= 4 is 0 Å². The molecule has 0 bridgehead atoms. The van der Waals surface area contributed by atoms with Crippen molar-refractivity contribution in [2.45, 2.75) is 25.8 Å². The summed E-state index contributed by atoms with van der Waals surface area (Å²) in [7, 11) is 4.21. The lowest BCUT2D eigenvalue weighted by molar-refractivity contribution is 0.213. The predicted octanol–water partition coefficient (Wildman–Crippen LogP) is 1.41. The van der Waals surface area contributed by atoms with E-state index in [0.717, 1.165) is 12.5 Å². The first kappa shape index (κ1) is 12.6. The highest BCUT2D eigenvalue weighted by molar-refractivity contribution is 5.05. The normalized spacial score (nSPS) is 20.6. The molecule has 1 unspecified atom stereocenters. The number of piperidine rings is 1. The maximum Gasteiger partial charge on any atom is 0.0547 e. The second-order valence-electron chi connectivity index (χ2n) is 5.26. The lowest BCUT2D eigenvalue weighted by Gasteiger charge is -2.29. The number of likely N-dealkylation sites (tertiary alicyclic amines) is 1. The van der Waals surface area contributed by atoms with Gasteiger partial charge in [-0.05, 0) is 58.4 Å². The van der Waals surface area contributed by atoms with E-state index >= 15 is 0 Å². The Hall–Kier alpha value is -0.870. The minimum Gasteiger partial charge on any atom is -0.309 e. The summed E-state index contributed by atoms with van der Waals surface area (Å²) in [5.41, 5.74) is 1.26. The fourth-order valence-electron chi connectivity index (χ4n) is 2.52. The van der Waals surface area contributed by atoms with Gasteiger partial charge in [0.05, 0.1) is 5.69 Å². The van der Waals surface area contributed by atoms with Crippen LogP contribution in [0.5, 0.6) is 0 Å². The minimum absolute atomic E-state index is 0.391. The number of aromatic nitrogens is 2. The first-order valence-corrected chi connectivity index (χ1v) is 6.56. The monoisotopic (exact) mass is 236 g/mol. The van der Waals surface area contributed by atoms with E-state index in [1.165, 1.54) is 31.6 Å². The van der Waals surface area contributed by atoms with E-state index in [4.69, 9.17) is 0 Å². The van der Waals surface area contributed by atoms with Gasteiger partial charge in [0.2, 0.25) is 0 Å². The van der Waals surface area contributed by atoms with Gasteiger partial charge in [-0.15, -0.1) is 0 Å². The predicted molar refractivity (Wildman–Crippen MR) is 69.8 cm³/mol. The number of nitrogens with zero attached hydrogens (tertiary/aromatic N) is 3. The molecule has 96 valence electrons. The molecule has 1 aromatic rings. The van der Waals surface area contributed by atoms with Crippen LogP contribution in [0.4, 0.5) is 0 Å². The highest BCUT2D eigenvalue weighted by Gasteiger charge is 2.17. The van der Waals surface area contributed by atoms with Gasteiger partial charge < -0.3 is 10.2 Å². The average Bonchev–Trinajstić information content (AvgIpc) is 2.74. The van der Waals surface area contributed by atoms with Gasteiger partial charge in [-0.1, -0.05) is 0 Å². The molecular weight excluding hydrogens is 212 g/mol. The third-order valence-corrected chi connectivity index (χ3v) is 3.85. The van der Waals surface area contributed by atoms with Crippen LogP contribution in [-0.2, 0) is 7.05 Å². The van der Waals surface area contributed by atoms with Gasteiger partial charge in [0.25, 0.3) is 0 Å². The van der Waals surface area contributed by atoms with Crippen LogP contribution in [-0.4, -0.2) is 41.4 Å². The lowest BCUT2D eigenvalue weighted by atomic mass is 9.97. The molecule has 1 aliphatic heterocycles. The summed E-state index contributed by atoms with van der Waals surface area (Å²) in [5, 5.41) is 7.84. The smallest absolute Gasteiger partial charge is 0.0547 e. The molecule has 1 aromatic heterocycles. The minimum atomic E-state index is 0.391. The molecule has 1 saturated heterocycles. The Kier molecular flexibility index (Phi) is 4.18. The Bertz CT molecular complexity index is 339. The van der Waals surface area contributed by atoms with E-state index in [-0.39, 0.29) is 0 Å². The molecule has 4 heteroatoms. The van der Waals surface area contributed by atoms with Crippen LogP contribution < -0.4 is 5.32 Å². The number of hydrogen-bond donors (Lipinski definition) is 1. The summed E-state index contributed by atoms with van der Waals surface area (Å²) in [4.78, 5) is 2.42. The molecule has 17 heavy (non-hydrogen) atoms. The molecule has 1 fully saturated rings. The second-order valence-corrected chi connectivity index (χ2v) is 5.26. The highest BCUT2D eigenvalue weighted by atomic mass is 15.3. The highest BCUT2D eigenvalue weighted by Crippen LogP contribution is 2.17. The zero-order chi connectivity index (χ0) is 12.3. The Labute approximate surface area is 104 Å². The summed E-state index contributed by atoms with van der Waals surface area (Å²) in [5.74, 6) is 0.835. The number of hydrogen-bond acceptors (Lipinski definition) is 3. The third-order valence-electron chi connectivity index (χ3n) is 3.85. The van der Waals surface area contributed by atoms with Crippen molar-refractivity contribution in [3.05, 3.63) is 18.0 Å². The fourth-order valence-corrected chi connectivity index (χ4v) is 2.52. The van der Waals surface area contributed by atoms with Crippen molar-refractivity contribution in [3.8, 4) is 0 Å². The molecule has 1 atom stereocenters. The van der Waals surface area contributed by atoms with E-state index in [1.807, 2.05) is 17.9 Å². The van der Waals surface area contributed by atoms with Crippen molar-refractivity contribution in [2.24, 2.45) is 13.0 Å². The molecule has 0 aliphatic carbocycles. The first-order chi connectivity index (χ1) is 8.16. The fraction of sp³-hybridized carbons (Fsp3) is 0.769. The second kappa shape index (κ2) is 5.65. The topological polar surface area (TPSA) is 33.1 Å². The quantitative estimate of drug-likeness (QED) is 0.858. The van der Waals surface area contributed by atoms with Crippen LogP contribution in [0.15, 0.2) is 12.3 Å². The Morgan fingerprint density at radius 2 is 2.12 bits per heavy atom. The van der Waals surface area contributed by atoms with Gasteiger partial charge in [-0.3, -0.25) is 4.68 Å². The first-order valence-electron chi connectivity index (χ1n) is 6.56. The summed E-state index contributed by atoms with van der Waals surface area (Å²) < 4.78 is 1.95. The van der Waals surface area contributed by atoms with Gasteiger partial charge in [0, 0.05) is 19.3 Å². The van der Waals surface area contributed by atoms with Crippen molar-refractivity contribution in [1.29, 1.82) is 0 Å². The molecule has 1 N–H and O–H groups in total. The Morgan fingerprint density at radius 3 is 2.71 bits per heavy atom. The van der Waals surface area contributed by atoms with Crippen LogP contribution in [0, 0.1) is 5.92 Å². The molecule has 0 radical (unpaired) electrons. The average molecular weight is 236 g/mol. The largest absolute Gasteiger partial charge is 0.309 e. The maximum absolute atomic E-state index is 4.21. The zero-order valence-electron chi connectivity index (χ0n) is 11.2. The number of aryl methyl sites for hydroxylation is 1. The Morgan fingerprint density at radius 1 is 1.41 bits per heavy atom. The van der Waals surface area contributed by atoms with E-state index in [0.29, 0.717) is 6.04 Å². The van der Waals surface area contributed by atoms with Crippen LogP contribution in [0.3, 0.4) is 0 Å². The standard InChI is InChI=1S/C13H24N4/c1-11(13-4-7-15-17(13)3)14-10-12-5-8-16(2)9-6-12/h4,7,11-12,14H,5-6,8-10H2,1-3H3. The number of nitrogens with one attached hydrogen (secondary N) is 1. The summed E-state index contributed by atoms with van der Waals surface area (Å²) >= 11 is 0. The van der Waals surface area contributed by atoms with Gasteiger partial charge in [0.1, 0.15) is 0 Å². The van der Waals surface area contributed by atoms with Crippen molar-refractivity contribution < 1.29 is 0 Å². The maximum atomic E-state index is 4.21. The van der Waals surface area contributed by atoms with Gasteiger partial charge in [-0.2, -0.15) is 5.10 Å². The SMILES string of the molecule is CC(NCC1CCN(C)CC1)c1ccnn1C. The molecule has 0 amide bonds. The molecule has 2 heterocycles. The van der Waals surface area contributed by atoms with Crippen LogP contribution >= 0.6 is 0 Å². The Balaban J connectivity index is 1.77. The molecule has 1 aliphatic rings. The van der Waals surface area contributed by atoms with Crippen LogP contribution in [0.25, 0.3) is 0 Å². The van der Waals surface area contributed by atoms with Gasteiger partial charge in [-0.25, -0.2) is 0 Å². The molecule has 0 aromatic carbocycles. The van der Waals surface area contributed by atoms with E-state index < -0.39 is 0 Å². The van der Waals surface area contributed by atoms with Crippen molar-refractivity contribution in [3.63, 3.8) is 0 Å². The zero-order valence-corrected chi connectivity index (χ0v) is 11.2. The van der Waals surface area contributed by atoms with Gasteiger partial charge >= 0.3 is 0 Å². The van der Waals surface area contributed by atoms with E-state index in [1.54, 1.807) is 0 Å². The molecular formula is C13H24N4. The van der Waals surface area contributed by atoms with Crippen molar-refractivity contribution in [2.75, 3.05) is 26.7 Å². The van der Waals surface area contributed by atoms with Crippen LogP contribution in [0.2, 0.25) is 0 Å².